The van der Waals surface area contributed by atoms with Crippen LogP contribution in [-0.2, 0) is 4.79 Å². The minimum absolute atomic E-state index is 0.0393. The highest BCUT2D eigenvalue weighted by Gasteiger charge is 2.48. The molecule has 1 fully saturated rings. The number of nitrogens with one attached hydrogen (secondary N) is 2. The maximum atomic E-state index is 11.6. The summed E-state index contributed by atoms with van der Waals surface area (Å²) in [7, 11) is 0. The van der Waals surface area contributed by atoms with Crippen molar-refractivity contribution in [3.8, 4) is 0 Å². The average molecular weight is 179 g/mol. The first-order valence-corrected chi connectivity index (χ1v) is 4.42. The summed E-state index contributed by atoms with van der Waals surface area (Å²) in [5.74, 6) is 0.780. The molecule has 13 heavy (non-hydrogen) atoms. The molecule has 0 saturated heterocycles. The minimum atomic E-state index is -0.273. The summed E-state index contributed by atoms with van der Waals surface area (Å²) in [6, 6.07) is 3.67. The monoisotopic (exact) mass is 179 g/mol. The van der Waals surface area contributed by atoms with E-state index in [-0.39, 0.29) is 11.3 Å². The summed E-state index contributed by atoms with van der Waals surface area (Å²) in [5, 5.41) is 2.80. The summed E-state index contributed by atoms with van der Waals surface area (Å²) in [6.07, 6.45) is 3.60. The van der Waals surface area contributed by atoms with Crippen molar-refractivity contribution in [1.29, 1.82) is 0 Å². The van der Waals surface area contributed by atoms with E-state index in [1.807, 2.05) is 12.1 Å². The van der Waals surface area contributed by atoms with Crippen LogP contribution >= 0.6 is 0 Å². The van der Waals surface area contributed by atoms with Gasteiger partial charge >= 0.3 is 0 Å². The van der Waals surface area contributed by atoms with E-state index in [2.05, 4.69) is 10.3 Å². The number of aromatic amines is 1. The molecular formula is C9H13N3O. The molecule has 0 atom stereocenters. The van der Waals surface area contributed by atoms with Gasteiger partial charge in [-0.15, -0.1) is 0 Å². The van der Waals surface area contributed by atoms with Crippen LogP contribution in [0.25, 0.3) is 0 Å². The van der Waals surface area contributed by atoms with E-state index in [0.717, 1.165) is 18.7 Å². The van der Waals surface area contributed by atoms with Gasteiger partial charge in [0.2, 0.25) is 5.91 Å². The van der Waals surface area contributed by atoms with Crippen LogP contribution in [0.2, 0.25) is 0 Å². The Morgan fingerprint density at radius 3 is 2.92 bits per heavy atom. The average Bonchev–Trinajstić information content (AvgIpc) is 2.79. The highest BCUT2D eigenvalue weighted by molar-refractivity contribution is 5.96. The molecule has 0 unspecified atom stereocenters. The molecule has 70 valence electrons. The van der Waals surface area contributed by atoms with E-state index in [4.69, 9.17) is 5.73 Å². The highest BCUT2D eigenvalue weighted by atomic mass is 16.2. The van der Waals surface area contributed by atoms with E-state index in [0.29, 0.717) is 6.54 Å². The van der Waals surface area contributed by atoms with Gasteiger partial charge in [0.05, 0.1) is 5.41 Å². The predicted molar refractivity (Wildman–Crippen MR) is 50.1 cm³/mol. The third-order valence-electron chi connectivity index (χ3n) is 2.57. The molecule has 1 saturated carbocycles. The first-order valence-electron chi connectivity index (χ1n) is 4.42. The molecule has 0 aliphatic heterocycles. The molecule has 4 heteroatoms. The van der Waals surface area contributed by atoms with Gasteiger partial charge in [0, 0.05) is 12.7 Å². The topological polar surface area (TPSA) is 70.9 Å². The quantitative estimate of drug-likeness (QED) is 0.639. The Labute approximate surface area is 76.5 Å². The van der Waals surface area contributed by atoms with E-state index in [1.54, 1.807) is 6.20 Å². The third-order valence-corrected chi connectivity index (χ3v) is 2.57. The second kappa shape index (κ2) is 2.88. The second-order valence-electron chi connectivity index (χ2n) is 3.52. The Balaban J connectivity index is 2.00. The van der Waals surface area contributed by atoms with Gasteiger partial charge in [0.15, 0.2) is 0 Å². The summed E-state index contributed by atoms with van der Waals surface area (Å²) in [6.45, 7) is 0.444. The molecule has 4 N–H and O–H groups in total. The van der Waals surface area contributed by atoms with Gasteiger partial charge in [0.25, 0.3) is 0 Å². The highest BCUT2D eigenvalue weighted by Crippen LogP contribution is 2.45. The van der Waals surface area contributed by atoms with Crippen LogP contribution in [-0.4, -0.2) is 17.4 Å². The molecule has 0 radical (unpaired) electrons. The van der Waals surface area contributed by atoms with Crippen molar-refractivity contribution in [2.45, 2.75) is 12.8 Å². The van der Waals surface area contributed by atoms with Crippen LogP contribution in [0.15, 0.2) is 18.3 Å². The van der Waals surface area contributed by atoms with Crippen molar-refractivity contribution in [3.05, 3.63) is 18.3 Å². The van der Waals surface area contributed by atoms with Crippen LogP contribution in [0.1, 0.15) is 12.8 Å². The largest absolute Gasteiger partial charge is 0.348 e. The maximum absolute atomic E-state index is 11.6. The Morgan fingerprint density at radius 2 is 2.46 bits per heavy atom. The number of carbonyl (C=O) groups excluding carboxylic acids is 1. The number of amides is 1. The number of hydrogen-bond donors (Lipinski definition) is 3. The number of H-pyrrole nitrogens is 1. The number of anilines is 1. The zero-order valence-corrected chi connectivity index (χ0v) is 7.34. The van der Waals surface area contributed by atoms with Crippen LogP contribution in [0, 0.1) is 5.41 Å². The first kappa shape index (κ1) is 8.31. The molecule has 2 rings (SSSR count). The molecule has 1 aliphatic rings. The van der Waals surface area contributed by atoms with Gasteiger partial charge in [0.1, 0.15) is 5.82 Å². The summed E-state index contributed by atoms with van der Waals surface area (Å²) >= 11 is 0. The van der Waals surface area contributed by atoms with Crippen molar-refractivity contribution in [3.63, 3.8) is 0 Å². The number of carbonyl (C=O) groups is 1. The molecule has 4 nitrogen and oxygen atoms in total. The van der Waals surface area contributed by atoms with E-state index < -0.39 is 0 Å². The van der Waals surface area contributed by atoms with Crippen LogP contribution in [0.4, 0.5) is 5.82 Å². The lowest BCUT2D eigenvalue weighted by Crippen LogP contribution is -2.30. The van der Waals surface area contributed by atoms with Gasteiger partial charge in [-0.05, 0) is 25.0 Å². The lowest BCUT2D eigenvalue weighted by Gasteiger charge is -2.10. The van der Waals surface area contributed by atoms with Gasteiger partial charge < -0.3 is 16.0 Å². The van der Waals surface area contributed by atoms with Gasteiger partial charge in [-0.3, -0.25) is 4.79 Å². The molecule has 1 aliphatic carbocycles. The Hall–Kier alpha value is -1.29. The third kappa shape index (κ3) is 1.45. The Kier molecular flexibility index (Phi) is 1.84. The molecule has 0 spiro atoms. The summed E-state index contributed by atoms with van der Waals surface area (Å²) < 4.78 is 0. The van der Waals surface area contributed by atoms with Crippen LogP contribution in [0.5, 0.6) is 0 Å². The molecule has 1 aromatic heterocycles. The Bertz CT molecular complexity index is 301. The summed E-state index contributed by atoms with van der Waals surface area (Å²) in [4.78, 5) is 14.5. The standard InChI is InChI=1S/C9H13N3O/c10-6-9(3-4-9)8(13)12-7-2-1-5-11-7/h1-2,5,11H,3-4,6,10H2,(H,12,13). The number of rotatable bonds is 3. The van der Waals surface area contributed by atoms with Gasteiger partial charge in [-0.1, -0.05) is 0 Å². The van der Waals surface area contributed by atoms with E-state index in [9.17, 15) is 4.79 Å². The van der Waals surface area contributed by atoms with E-state index in [1.165, 1.54) is 0 Å². The van der Waals surface area contributed by atoms with Gasteiger partial charge in [-0.25, -0.2) is 0 Å². The van der Waals surface area contributed by atoms with Gasteiger partial charge in [-0.2, -0.15) is 0 Å². The second-order valence-corrected chi connectivity index (χ2v) is 3.52. The minimum Gasteiger partial charge on any atom is -0.348 e. The smallest absolute Gasteiger partial charge is 0.232 e. The molecule has 0 aromatic carbocycles. The lowest BCUT2D eigenvalue weighted by molar-refractivity contribution is -0.120. The predicted octanol–water partition coefficient (Wildman–Crippen LogP) is 0.692. The fraction of sp³-hybridized carbons (Fsp3) is 0.444. The van der Waals surface area contributed by atoms with Crippen molar-refractivity contribution in [2.75, 3.05) is 11.9 Å². The fourth-order valence-electron chi connectivity index (χ4n) is 1.34. The number of aromatic nitrogens is 1. The summed E-state index contributed by atoms with van der Waals surface area (Å²) in [5.41, 5.74) is 5.25. The van der Waals surface area contributed by atoms with Crippen molar-refractivity contribution in [2.24, 2.45) is 11.1 Å². The SMILES string of the molecule is NCC1(C(=O)Nc2ccc[nH]2)CC1. The fourth-order valence-corrected chi connectivity index (χ4v) is 1.34. The van der Waals surface area contributed by atoms with E-state index >= 15 is 0 Å². The zero-order chi connectivity index (χ0) is 9.31. The molecule has 1 amide bonds. The molecule has 1 aromatic rings. The number of hydrogen-bond acceptors (Lipinski definition) is 2. The van der Waals surface area contributed by atoms with Crippen molar-refractivity contribution >= 4 is 11.7 Å². The zero-order valence-electron chi connectivity index (χ0n) is 7.34. The first-order chi connectivity index (χ1) is 6.27. The molecule has 1 heterocycles. The van der Waals surface area contributed by atoms with Crippen LogP contribution < -0.4 is 11.1 Å². The maximum Gasteiger partial charge on any atom is 0.232 e. The molecular weight excluding hydrogens is 166 g/mol. The van der Waals surface area contributed by atoms with Crippen molar-refractivity contribution in [1.82, 2.24) is 4.98 Å². The Morgan fingerprint density at radius 1 is 1.69 bits per heavy atom. The lowest BCUT2D eigenvalue weighted by atomic mass is 10.1. The normalized spacial score (nSPS) is 18.2. The molecule has 0 bridgehead atoms. The van der Waals surface area contributed by atoms with Crippen LogP contribution in [0.3, 0.4) is 0 Å². The number of nitrogens with two attached hydrogens (primary N) is 1. The van der Waals surface area contributed by atoms with Crippen molar-refractivity contribution < 1.29 is 4.79 Å².